The highest BCUT2D eigenvalue weighted by Gasteiger charge is 2.39. The molecule has 4 nitrogen and oxygen atoms in total. The van der Waals surface area contributed by atoms with Crippen LogP contribution in [0.25, 0.3) is 0 Å². The highest BCUT2D eigenvalue weighted by atomic mass is 32.1. The standard InChI is InChI=1S/C17H19NO3S/c1-3-17(16(20)21,13-7-5-4-6-8-13)11-18-15(19)14-12(2)9-10-22-14/h4-10H,3,11H2,1-2H3,(H,18,19)(H,20,21). The van der Waals surface area contributed by atoms with Crippen LogP contribution in [-0.4, -0.2) is 23.5 Å². The molecule has 0 aliphatic rings. The van der Waals surface area contributed by atoms with Crippen LogP contribution in [-0.2, 0) is 10.2 Å². The summed E-state index contributed by atoms with van der Waals surface area (Å²) in [6.45, 7) is 3.76. The Labute approximate surface area is 133 Å². The van der Waals surface area contributed by atoms with Gasteiger partial charge in [0.1, 0.15) is 5.41 Å². The monoisotopic (exact) mass is 317 g/mol. The first-order chi connectivity index (χ1) is 10.5. The third kappa shape index (κ3) is 3.04. The second-order valence-electron chi connectivity index (χ2n) is 5.22. The summed E-state index contributed by atoms with van der Waals surface area (Å²) >= 11 is 1.36. The van der Waals surface area contributed by atoms with Crippen molar-refractivity contribution in [1.29, 1.82) is 0 Å². The van der Waals surface area contributed by atoms with Gasteiger partial charge in [-0.25, -0.2) is 0 Å². The number of nitrogens with one attached hydrogen (secondary N) is 1. The summed E-state index contributed by atoms with van der Waals surface area (Å²) in [6.07, 6.45) is 0.399. The van der Waals surface area contributed by atoms with Crippen molar-refractivity contribution in [3.8, 4) is 0 Å². The molecule has 2 aromatic rings. The second kappa shape index (κ2) is 6.75. The van der Waals surface area contributed by atoms with E-state index >= 15 is 0 Å². The Kier molecular flexibility index (Phi) is 4.98. The van der Waals surface area contributed by atoms with Crippen LogP contribution in [0.15, 0.2) is 41.8 Å². The van der Waals surface area contributed by atoms with Crippen molar-refractivity contribution in [2.45, 2.75) is 25.7 Å². The summed E-state index contributed by atoms with van der Waals surface area (Å²) in [5.74, 6) is -1.15. The maximum atomic E-state index is 12.2. The van der Waals surface area contributed by atoms with Gasteiger partial charge in [-0.15, -0.1) is 11.3 Å². The molecule has 0 bridgehead atoms. The lowest BCUT2D eigenvalue weighted by Gasteiger charge is -2.29. The van der Waals surface area contributed by atoms with Gasteiger partial charge >= 0.3 is 5.97 Å². The van der Waals surface area contributed by atoms with Gasteiger partial charge in [-0.1, -0.05) is 37.3 Å². The minimum absolute atomic E-state index is 0.0685. The number of carboxylic acids is 1. The van der Waals surface area contributed by atoms with Crippen LogP contribution in [0.2, 0.25) is 0 Å². The van der Waals surface area contributed by atoms with E-state index in [0.717, 1.165) is 5.56 Å². The maximum Gasteiger partial charge on any atom is 0.315 e. The largest absolute Gasteiger partial charge is 0.481 e. The molecule has 0 saturated carbocycles. The number of hydrogen-bond acceptors (Lipinski definition) is 3. The van der Waals surface area contributed by atoms with Gasteiger partial charge in [0.25, 0.3) is 5.91 Å². The van der Waals surface area contributed by atoms with Gasteiger partial charge in [-0.05, 0) is 35.9 Å². The number of benzene rings is 1. The Balaban J connectivity index is 2.23. The molecule has 1 aromatic heterocycles. The number of hydrogen-bond donors (Lipinski definition) is 2. The fraction of sp³-hybridized carbons (Fsp3) is 0.294. The fourth-order valence-corrected chi connectivity index (χ4v) is 3.30. The van der Waals surface area contributed by atoms with Crippen molar-refractivity contribution in [1.82, 2.24) is 5.32 Å². The van der Waals surface area contributed by atoms with Gasteiger partial charge in [0.05, 0.1) is 4.88 Å². The number of carboxylic acid groups (broad SMARTS) is 1. The average molecular weight is 317 g/mol. The predicted octanol–water partition coefficient (Wildman–Crippen LogP) is 3.22. The number of rotatable bonds is 6. The lowest BCUT2D eigenvalue weighted by molar-refractivity contribution is -0.143. The molecular formula is C17H19NO3S. The Morgan fingerprint density at radius 3 is 2.41 bits per heavy atom. The van der Waals surface area contributed by atoms with E-state index in [9.17, 15) is 14.7 Å². The van der Waals surface area contributed by atoms with Gasteiger partial charge in [0.2, 0.25) is 0 Å². The maximum absolute atomic E-state index is 12.2. The third-order valence-electron chi connectivity index (χ3n) is 3.96. The Bertz CT molecular complexity index is 666. The number of carbonyl (C=O) groups is 2. The Hall–Kier alpha value is -2.14. The highest BCUT2D eigenvalue weighted by Crippen LogP contribution is 2.28. The number of aryl methyl sites for hydroxylation is 1. The van der Waals surface area contributed by atoms with Crippen LogP contribution < -0.4 is 5.32 Å². The van der Waals surface area contributed by atoms with Crippen molar-refractivity contribution in [3.63, 3.8) is 0 Å². The van der Waals surface area contributed by atoms with Crippen molar-refractivity contribution in [3.05, 3.63) is 57.8 Å². The smallest absolute Gasteiger partial charge is 0.315 e. The fourth-order valence-electron chi connectivity index (χ4n) is 2.46. The summed E-state index contributed by atoms with van der Waals surface area (Å²) < 4.78 is 0. The molecule has 0 aliphatic heterocycles. The lowest BCUT2D eigenvalue weighted by Crippen LogP contribution is -2.46. The van der Waals surface area contributed by atoms with E-state index in [1.54, 1.807) is 12.1 Å². The summed E-state index contributed by atoms with van der Waals surface area (Å²) in [5, 5.41) is 14.4. The molecule has 1 atom stereocenters. The molecule has 0 aliphatic carbocycles. The zero-order chi connectivity index (χ0) is 16.2. The van der Waals surface area contributed by atoms with Crippen LogP contribution >= 0.6 is 11.3 Å². The molecule has 1 amide bonds. The van der Waals surface area contributed by atoms with E-state index in [1.165, 1.54) is 11.3 Å². The predicted molar refractivity (Wildman–Crippen MR) is 87.4 cm³/mol. The van der Waals surface area contributed by atoms with Gasteiger partial charge in [-0.2, -0.15) is 0 Å². The molecule has 0 radical (unpaired) electrons. The summed E-state index contributed by atoms with van der Waals surface area (Å²) in [7, 11) is 0. The Morgan fingerprint density at radius 2 is 1.91 bits per heavy atom. The molecule has 1 unspecified atom stereocenters. The summed E-state index contributed by atoms with van der Waals surface area (Å²) in [5.41, 5.74) is 0.495. The topological polar surface area (TPSA) is 66.4 Å². The SMILES string of the molecule is CCC(CNC(=O)c1sccc1C)(C(=O)O)c1ccccc1. The van der Waals surface area contributed by atoms with Gasteiger partial charge in [0.15, 0.2) is 0 Å². The normalized spacial score (nSPS) is 13.4. The van der Waals surface area contributed by atoms with Gasteiger partial charge in [0, 0.05) is 6.54 Å². The first-order valence-electron chi connectivity index (χ1n) is 7.12. The Morgan fingerprint density at radius 1 is 1.23 bits per heavy atom. The molecule has 1 heterocycles. The van der Waals surface area contributed by atoms with Crippen molar-refractivity contribution >= 4 is 23.2 Å². The minimum Gasteiger partial charge on any atom is -0.481 e. The highest BCUT2D eigenvalue weighted by molar-refractivity contribution is 7.12. The summed E-state index contributed by atoms with van der Waals surface area (Å²) in [4.78, 5) is 24.7. The molecule has 22 heavy (non-hydrogen) atoms. The van der Waals surface area contributed by atoms with Gasteiger partial charge in [-0.3, -0.25) is 9.59 Å². The molecule has 5 heteroatoms. The first-order valence-corrected chi connectivity index (χ1v) is 8.00. The molecule has 116 valence electrons. The average Bonchev–Trinajstić information content (AvgIpc) is 2.95. The van der Waals surface area contributed by atoms with Crippen molar-refractivity contribution in [2.75, 3.05) is 6.54 Å². The second-order valence-corrected chi connectivity index (χ2v) is 6.14. The van der Waals surface area contributed by atoms with E-state index in [4.69, 9.17) is 0 Å². The number of carbonyl (C=O) groups excluding carboxylic acids is 1. The number of amides is 1. The van der Waals surface area contributed by atoms with E-state index in [2.05, 4.69) is 5.32 Å². The van der Waals surface area contributed by atoms with Gasteiger partial charge < -0.3 is 10.4 Å². The van der Waals surface area contributed by atoms with E-state index in [0.29, 0.717) is 16.9 Å². The van der Waals surface area contributed by atoms with Crippen molar-refractivity contribution < 1.29 is 14.7 Å². The van der Waals surface area contributed by atoms with Crippen LogP contribution in [0.4, 0.5) is 0 Å². The summed E-state index contributed by atoms with van der Waals surface area (Å²) in [6, 6.07) is 10.9. The molecule has 0 spiro atoms. The van der Waals surface area contributed by atoms with E-state index in [-0.39, 0.29) is 12.5 Å². The van der Waals surface area contributed by atoms with Crippen LogP contribution in [0.5, 0.6) is 0 Å². The van der Waals surface area contributed by atoms with Crippen LogP contribution in [0.3, 0.4) is 0 Å². The van der Waals surface area contributed by atoms with Crippen LogP contribution in [0.1, 0.15) is 34.1 Å². The van der Waals surface area contributed by atoms with Crippen molar-refractivity contribution in [2.24, 2.45) is 0 Å². The zero-order valence-electron chi connectivity index (χ0n) is 12.6. The molecule has 2 N–H and O–H groups in total. The molecular weight excluding hydrogens is 298 g/mol. The molecule has 0 fully saturated rings. The van der Waals surface area contributed by atoms with E-state index in [1.807, 2.05) is 43.5 Å². The van der Waals surface area contributed by atoms with E-state index < -0.39 is 11.4 Å². The molecule has 2 rings (SSSR count). The third-order valence-corrected chi connectivity index (χ3v) is 4.97. The number of aliphatic carboxylic acids is 1. The zero-order valence-corrected chi connectivity index (χ0v) is 13.4. The first kappa shape index (κ1) is 16.2. The molecule has 1 aromatic carbocycles. The quantitative estimate of drug-likeness (QED) is 0.859. The lowest BCUT2D eigenvalue weighted by atomic mass is 9.78. The van der Waals surface area contributed by atoms with Crippen LogP contribution in [0, 0.1) is 6.92 Å². The molecule has 0 saturated heterocycles. The number of thiophene rings is 1. The minimum atomic E-state index is -1.11.